The third kappa shape index (κ3) is 3.82. The quantitative estimate of drug-likeness (QED) is 0.843. The smallest absolute Gasteiger partial charge is 0.223 e. The van der Waals surface area contributed by atoms with Gasteiger partial charge in [-0.05, 0) is 55.7 Å². The highest BCUT2D eigenvalue weighted by Gasteiger charge is 2.20. The first kappa shape index (κ1) is 15.4. The van der Waals surface area contributed by atoms with Crippen LogP contribution in [0, 0.1) is 5.92 Å². The molecule has 0 spiro atoms. The lowest BCUT2D eigenvalue weighted by Gasteiger charge is -2.21. The first-order valence-corrected chi connectivity index (χ1v) is 8.86. The van der Waals surface area contributed by atoms with Crippen LogP contribution in [0.1, 0.15) is 56.1 Å². The molecule has 0 heterocycles. The number of fused-ring (bicyclic) bond motifs is 1. The Balaban J connectivity index is 1.44. The van der Waals surface area contributed by atoms with Gasteiger partial charge >= 0.3 is 0 Å². The van der Waals surface area contributed by atoms with Gasteiger partial charge < -0.3 is 10.1 Å². The second-order valence-corrected chi connectivity index (χ2v) is 6.58. The fraction of sp³-hybridized carbons (Fsp3) is 0.632. The molecule has 1 amide bonds. The van der Waals surface area contributed by atoms with Gasteiger partial charge in [0.05, 0.1) is 6.54 Å². The number of ether oxygens (including phenoxy) is 1. The van der Waals surface area contributed by atoms with Gasteiger partial charge in [-0.15, -0.1) is 0 Å². The lowest BCUT2D eigenvalue weighted by molar-refractivity contribution is -0.126. The van der Waals surface area contributed by atoms with Crippen LogP contribution in [0.4, 0.5) is 0 Å². The molecule has 3 rings (SSSR count). The summed E-state index contributed by atoms with van der Waals surface area (Å²) >= 11 is 0. The van der Waals surface area contributed by atoms with Crippen molar-refractivity contribution in [3.63, 3.8) is 0 Å². The summed E-state index contributed by atoms with van der Waals surface area (Å²) in [4.78, 5) is 12.1. The minimum absolute atomic E-state index is 0.221. The van der Waals surface area contributed by atoms with Crippen molar-refractivity contribution in [2.75, 3.05) is 13.2 Å². The first-order chi connectivity index (χ1) is 10.8. The SMILES string of the molecule is O=C(NCCOc1cccc2c1CCCC2)C1CCCCC1. The van der Waals surface area contributed by atoms with Gasteiger partial charge in [0.25, 0.3) is 0 Å². The van der Waals surface area contributed by atoms with Gasteiger partial charge in [0, 0.05) is 5.92 Å². The van der Waals surface area contributed by atoms with Crippen LogP contribution in [0.25, 0.3) is 0 Å². The van der Waals surface area contributed by atoms with Crippen molar-refractivity contribution in [3.8, 4) is 5.75 Å². The second kappa shape index (κ2) is 7.66. The van der Waals surface area contributed by atoms with Crippen molar-refractivity contribution in [1.29, 1.82) is 0 Å². The van der Waals surface area contributed by atoms with E-state index in [2.05, 4.69) is 23.5 Å². The molecular weight excluding hydrogens is 274 g/mol. The van der Waals surface area contributed by atoms with E-state index >= 15 is 0 Å². The number of carbonyl (C=O) groups is 1. The summed E-state index contributed by atoms with van der Waals surface area (Å²) in [5.41, 5.74) is 2.82. The van der Waals surface area contributed by atoms with Crippen LogP contribution in [0.2, 0.25) is 0 Å². The monoisotopic (exact) mass is 301 g/mol. The third-order valence-electron chi connectivity index (χ3n) is 4.99. The Morgan fingerprint density at radius 2 is 1.91 bits per heavy atom. The maximum atomic E-state index is 12.1. The van der Waals surface area contributed by atoms with Crippen LogP contribution in [-0.4, -0.2) is 19.1 Å². The van der Waals surface area contributed by atoms with Crippen molar-refractivity contribution in [2.45, 2.75) is 57.8 Å². The molecule has 0 saturated heterocycles. The van der Waals surface area contributed by atoms with Crippen LogP contribution in [0.5, 0.6) is 5.75 Å². The van der Waals surface area contributed by atoms with E-state index in [1.54, 1.807) is 0 Å². The molecule has 2 aliphatic carbocycles. The summed E-state index contributed by atoms with van der Waals surface area (Å²) in [7, 11) is 0. The van der Waals surface area contributed by atoms with E-state index in [9.17, 15) is 4.79 Å². The molecule has 2 aliphatic rings. The highest BCUT2D eigenvalue weighted by atomic mass is 16.5. The lowest BCUT2D eigenvalue weighted by Crippen LogP contribution is -2.34. The molecule has 1 saturated carbocycles. The molecule has 22 heavy (non-hydrogen) atoms. The number of hydrogen-bond acceptors (Lipinski definition) is 2. The van der Waals surface area contributed by atoms with Gasteiger partial charge in [0.1, 0.15) is 12.4 Å². The fourth-order valence-corrected chi connectivity index (χ4v) is 3.73. The molecule has 1 aromatic rings. The zero-order valence-electron chi connectivity index (χ0n) is 13.4. The average Bonchev–Trinajstić information content (AvgIpc) is 2.59. The van der Waals surface area contributed by atoms with E-state index < -0.39 is 0 Å². The van der Waals surface area contributed by atoms with Crippen molar-refractivity contribution < 1.29 is 9.53 Å². The largest absolute Gasteiger partial charge is 0.491 e. The number of carbonyl (C=O) groups excluding carboxylic acids is 1. The number of nitrogens with one attached hydrogen (secondary N) is 1. The summed E-state index contributed by atoms with van der Waals surface area (Å²) < 4.78 is 5.93. The summed E-state index contributed by atoms with van der Waals surface area (Å²) in [5.74, 6) is 1.47. The normalized spacial score (nSPS) is 18.5. The van der Waals surface area contributed by atoms with Crippen molar-refractivity contribution in [1.82, 2.24) is 5.32 Å². The van der Waals surface area contributed by atoms with Gasteiger partial charge in [-0.2, -0.15) is 0 Å². The number of hydrogen-bond donors (Lipinski definition) is 1. The number of rotatable bonds is 5. The minimum atomic E-state index is 0.221. The number of aryl methyl sites for hydroxylation is 1. The molecule has 0 aliphatic heterocycles. The molecule has 3 nitrogen and oxygen atoms in total. The standard InChI is InChI=1S/C19H27NO2/c21-19(16-8-2-1-3-9-16)20-13-14-22-18-12-6-10-15-7-4-5-11-17(15)18/h6,10,12,16H,1-5,7-9,11,13-14H2,(H,20,21). The molecule has 3 heteroatoms. The van der Waals surface area contributed by atoms with E-state index in [-0.39, 0.29) is 11.8 Å². The van der Waals surface area contributed by atoms with Crippen LogP contribution in [0.15, 0.2) is 18.2 Å². The Kier molecular flexibility index (Phi) is 5.36. The number of amides is 1. The summed E-state index contributed by atoms with van der Waals surface area (Å²) in [6.07, 6.45) is 10.6. The summed E-state index contributed by atoms with van der Waals surface area (Å²) in [6.45, 7) is 1.17. The van der Waals surface area contributed by atoms with Crippen LogP contribution in [0.3, 0.4) is 0 Å². The van der Waals surface area contributed by atoms with Gasteiger partial charge in [-0.3, -0.25) is 4.79 Å². The van der Waals surface area contributed by atoms with E-state index in [1.807, 2.05) is 0 Å². The zero-order valence-corrected chi connectivity index (χ0v) is 13.4. The molecule has 0 unspecified atom stereocenters. The van der Waals surface area contributed by atoms with Gasteiger partial charge in [0.15, 0.2) is 0 Å². The van der Waals surface area contributed by atoms with E-state index in [4.69, 9.17) is 4.74 Å². The Bertz CT molecular complexity index is 506. The molecular formula is C19H27NO2. The Hall–Kier alpha value is -1.51. The Morgan fingerprint density at radius 3 is 2.77 bits per heavy atom. The first-order valence-electron chi connectivity index (χ1n) is 8.86. The predicted molar refractivity (Wildman–Crippen MR) is 88.2 cm³/mol. The maximum absolute atomic E-state index is 12.1. The molecule has 1 N–H and O–H groups in total. The minimum Gasteiger partial charge on any atom is -0.491 e. The molecule has 0 atom stereocenters. The van der Waals surface area contributed by atoms with Crippen LogP contribution >= 0.6 is 0 Å². The lowest BCUT2D eigenvalue weighted by atomic mass is 9.89. The van der Waals surface area contributed by atoms with Crippen LogP contribution < -0.4 is 10.1 Å². The molecule has 120 valence electrons. The number of benzene rings is 1. The Labute approximate surface area is 133 Å². The highest BCUT2D eigenvalue weighted by molar-refractivity contribution is 5.78. The topological polar surface area (TPSA) is 38.3 Å². The Morgan fingerprint density at radius 1 is 1.09 bits per heavy atom. The zero-order chi connectivity index (χ0) is 15.2. The summed E-state index contributed by atoms with van der Waals surface area (Å²) in [6, 6.07) is 6.36. The maximum Gasteiger partial charge on any atom is 0.223 e. The van der Waals surface area contributed by atoms with E-state index in [0.29, 0.717) is 13.2 Å². The highest BCUT2D eigenvalue weighted by Crippen LogP contribution is 2.29. The predicted octanol–water partition coefficient (Wildman–Crippen LogP) is 3.64. The van der Waals surface area contributed by atoms with Gasteiger partial charge in [-0.1, -0.05) is 31.4 Å². The van der Waals surface area contributed by atoms with Crippen molar-refractivity contribution in [3.05, 3.63) is 29.3 Å². The molecule has 1 fully saturated rings. The van der Waals surface area contributed by atoms with Crippen molar-refractivity contribution >= 4 is 5.91 Å². The van der Waals surface area contributed by atoms with Gasteiger partial charge in [0.2, 0.25) is 5.91 Å². The van der Waals surface area contributed by atoms with Gasteiger partial charge in [-0.25, -0.2) is 0 Å². The van der Waals surface area contributed by atoms with E-state index in [1.165, 1.54) is 49.7 Å². The third-order valence-corrected chi connectivity index (χ3v) is 4.99. The molecule has 1 aromatic carbocycles. The van der Waals surface area contributed by atoms with E-state index in [0.717, 1.165) is 25.0 Å². The molecule has 0 bridgehead atoms. The second-order valence-electron chi connectivity index (χ2n) is 6.58. The fourth-order valence-electron chi connectivity index (χ4n) is 3.73. The van der Waals surface area contributed by atoms with Crippen LogP contribution in [-0.2, 0) is 17.6 Å². The average molecular weight is 301 g/mol. The van der Waals surface area contributed by atoms with Crippen molar-refractivity contribution in [2.24, 2.45) is 5.92 Å². The molecule has 0 radical (unpaired) electrons. The molecule has 0 aromatic heterocycles. The summed E-state index contributed by atoms with van der Waals surface area (Å²) in [5, 5.41) is 3.04.